The lowest BCUT2D eigenvalue weighted by Crippen LogP contribution is -2.42. The zero-order valence-electron chi connectivity index (χ0n) is 12.1. The van der Waals surface area contributed by atoms with Crippen LogP contribution in [0.3, 0.4) is 0 Å². The van der Waals surface area contributed by atoms with Crippen molar-refractivity contribution in [3.05, 3.63) is 0 Å². The van der Waals surface area contributed by atoms with E-state index in [0.29, 0.717) is 11.9 Å². The molecule has 4 nitrogen and oxygen atoms in total. The molecule has 4 heteroatoms. The second-order valence-electron chi connectivity index (χ2n) is 5.96. The van der Waals surface area contributed by atoms with Crippen LogP contribution >= 0.6 is 0 Å². The zero-order valence-corrected chi connectivity index (χ0v) is 12.1. The third-order valence-corrected chi connectivity index (χ3v) is 4.83. The van der Waals surface area contributed by atoms with E-state index in [1.54, 1.807) is 0 Å². The summed E-state index contributed by atoms with van der Waals surface area (Å²) in [6.45, 7) is 0. The number of hydrogen-bond donors (Lipinski definition) is 0. The van der Waals surface area contributed by atoms with Gasteiger partial charge in [0.2, 0.25) is 5.91 Å². The molecule has 0 aliphatic heterocycles. The Balaban J connectivity index is 1.83. The number of hydrogen-bond acceptors (Lipinski definition) is 3. The van der Waals surface area contributed by atoms with Crippen LogP contribution in [0.5, 0.6) is 0 Å². The molecule has 2 rings (SSSR count). The lowest BCUT2D eigenvalue weighted by Gasteiger charge is -2.35. The quantitative estimate of drug-likeness (QED) is 0.737. The fraction of sp³-hybridized carbons (Fsp3) is 0.867. The van der Waals surface area contributed by atoms with Gasteiger partial charge in [0.15, 0.2) is 0 Å². The van der Waals surface area contributed by atoms with Crippen molar-refractivity contribution in [2.75, 3.05) is 14.2 Å². The van der Waals surface area contributed by atoms with Gasteiger partial charge in [-0.25, -0.2) is 0 Å². The Morgan fingerprint density at radius 2 is 1.53 bits per heavy atom. The molecule has 2 aliphatic rings. The van der Waals surface area contributed by atoms with E-state index in [1.165, 1.54) is 20.0 Å². The van der Waals surface area contributed by atoms with Crippen LogP contribution in [0.4, 0.5) is 0 Å². The van der Waals surface area contributed by atoms with Crippen molar-refractivity contribution < 1.29 is 14.3 Å². The third-order valence-electron chi connectivity index (χ3n) is 4.83. The van der Waals surface area contributed by atoms with Crippen molar-refractivity contribution >= 4 is 11.9 Å². The van der Waals surface area contributed by atoms with Crippen LogP contribution in [0.2, 0.25) is 0 Å². The minimum absolute atomic E-state index is 0.0382. The second kappa shape index (κ2) is 6.40. The molecular weight excluding hydrogens is 242 g/mol. The van der Waals surface area contributed by atoms with Crippen molar-refractivity contribution in [1.29, 1.82) is 0 Å². The van der Waals surface area contributed by atoms with Gasteiger partial charge in [0.25, 0.3) is 0 Å². The Hall–Kier alpha value is -1.06. The molecule has 0 atom stereocenters. The minimum atomic E-state index is -0.0942. The van der Waals surface area contributed by atoms with Gasteiger partial charge in [-0.3, -0.25) is 9.59 Å². The normalized spacial score (nSPS) is 28.1. The second-order valence-corrected chi connectivity index (χ2v) is 5.96. The Labute approximate surface area is 115 Å². The first-order chi connectivity index (χ1) is 9.13. The maximum absolute atomic E-state index is 12.4. The van der Waals surface area contributed by atoms with Gasteiger partial charge in [-0.2, -0.15) is 0 Å². The van der Waals surface area contributed by atoms with Crippen LogP contribution in [0.15, 0.2) is 0 Å². The molecule has 0 N–H and O–H groups in total. The number of carbonyl (C=O) groups excluding carboxylic acids is 2. The highest BCUT2D eigenvalue weighted by molar-refractivity contribution is 5.79. The highest BCUT2D eigenvalue weighted by atomic mass is 16.5. The molecule has 19 heavy (non-hydrogen) atoms. The first-order valence-electron chi connectivity index (χ1n) is 7.48. The smallest absolute Gasteiger partial charge is 0.308 e. The van der Waals surface area contributed by atoms with Gasteiger partial charge in [-0.05, 0) is 38.5 Å². The Bertz CT molecular complexity index is 328. The fourth-order valence-corrected chi connectivity index (χ4v) is 3.51. The molecule has 0 aromatic rings. The SMILES string of the molecule is COC(=O)C1CCC(N(C)C(=O)C2CCCC2)CC1. The average molecular weight is 267 g/mol. The predicted octanol–water partition coefficient (Wildman–Crippen LogP) is 2.37. The van der Waals surface area contributed by atoms with Crippen molar-refractivity contribution in [3.63, 3.8) is 0 Å². The van der Waals surface area contributed by atoms with Crippen LogP contribution in [-0.4, -0.2) is 37.0 Å². The summed E-state index contributed by atoms with van der Waals surface area (Å²) in [4.78, 5) is 25.8. The lowest BCUT2D eigenvalue weighted by atomic mass is 9.85. The van der Waals surface area contributed by atoms with E-state index in [2.05, 4.69) is 0 Å². The number of carbonyl (C=O) groups is 2. The number of esters is 1. The fourth-order valence-electron chi connectivity index (χ4n) is 3.51. The summed E-state index contributed by atoms with van der Waals surface area (Å²) < 4.78 is 4.79. The van der Waals surface area contributed by atoms with Crippen molar-refractivity contribution in [2.45, 2.75) is 57.4 Å². The monoisotopic (exact) mass is 267 g/mol. The van der Waals surface area contributed by atoms with Crippen LogP contribution in [0.25, 0.3) is 0 Å². The summed E-state index contributed by atoms with van der Waals surface area (Å²) >= 11 is 0. The van der Waals surface area contributed by atoms with E-state index >= 15 is 0 Å². The van der Waals surface area contributed by atoms with Gasteiger partial charge in [0.1, 0.15) is 0 Å². The highest BCUT2D eigenvalue weighted by Gasteiger charge is 2.33. The van der Waals surface area contributed by atoms with Crippen LogP contribution in [0.1, 0.15) is 51.4 Å². The molecule has 2 aliphatic carbocycles. The summed E-state index contributed by atoms with van der Waals surface area (Å²) in [6.07, 6.45) is 8.04. The Kier molecular flexibility index (Phi) is 4.83. The molecule has 108 valence electrons. The minimum Gasteiger partial charge on any atom is -0.469 e. The molecule has 2 fully saturated rings. The lowest BCUT2D eigenvalue weighted by molar-refractivity contribution is -0.147. The van der Waals surface area contributed by atoms with E-state index in [1.807, 2.05) is 11.9 Å². The molecule has 0 unspecified atom stereocenters. The van der Waals surface area contributed by atoms with Crippen LogP contribution < -0.4 is 0 Å². The van der Waals surface area contributed by atoms with Gasteiger partial charge in [0.05, 0.1) is 13.0 Å². The van der Waals surface area contributed by atoms with Gasteiger partial charge >= 0.3 is 5.97 Å². The summed E-state index contributed by atoms with van der Waals surface area (Å²) in [5.41, 5.74) is 0. The number of amides is 1. The predicted molar refractivity (Wildman–Crippen MR) is 72.5 cm³/mol. The summed E-state index contributed by atoms with van der Waals surface area (Å²) in [7, 11) is 3.38. The number of nitrogens with zero attached hydrogens (tertiary/aromatic N) is 1. The number of methoxy groups -OCH3 is 1. The Morgan fingerprint density at radius 1 is 0.947 bits per heavy atom. The summed E-state index contributed by atoms with van der Waals surface area (Å²) in [5, 5.41) is 0. The molecule has 0 bridgehead atoms. The maximum atomic E-state index is 12.4. The molecule has 2 saturated carbocycles. The first kappa shape index (κ1) is 14.4. The summed E-state index contributed by atoms with van der Waals surface area (Å²) in [6, 6.07) is 0.314. The van der Waals surface area contributed by atoms with Crippen molar-refractivity contribution in [1.82, 2.24) is 4.90 Å². The zero-order chi connectivity index (χ0) is 13.8. The van der Waals surface area contributed by atoms with E-state index in [0.717, 1.165) is 38.5 Å². The highest BCUT2D eigenvalue weighted by Crippen LogP contribution is 2.31. The largest absolute Gasteiger partial charge is 0.469 e. The standard InChI is InChI=1S/C15H25NO3/c1-16(14(17)11-5-3-4-6-11)13-9-7-12(8-10-13)15(18)19-2/h11-13H,3-10H2,1-2H3. The molecular formula is C15H25NO3. The molecule has 0 aromatic carbocycles. The van der Waals surface area contributed by atoms with Crippen molar-refractivity contribution in [3.8, 4) is 0 Å². The average Bonchev–Trinajstić information content (AvgIpc) is 2.99. The van der Waals surface area contributed by atoms with E-state index in [-0.39, 0.29) is 17.8 Å². The van der Waals surface area contributed by atoms with E-state index in [9.17, 15) is 9.59 Å². The van der Waals surface area contributed by atoms with Gasteiger partial charge in [0, 0.05) is 19.0 Å². The van der Waals surface area contributed by atoms with Gasteiger partial charge < -0.3 is 9.64 Å². The number of rotatable bonds is 3. The van der Waals surface area contributed by atoms with Gasteiger partial charge in [-0.1, -0.05) is 12.8 Å². The number of ether oxygens (including phenoxy) is 1. The maximum Gasteiger partial charge on any atom is 0.308 e. The molecule has 0 heterocycles. The molecule has 0 aromatic heterocycles. The topological polar surface area (TPSA) is 46.6 Å². The Morgan fingerprint density at radius 3 is 2.05 bits per heavy atom. The van der Waals surface area contributed by atoms with Gasteiger partial charge in [-0.15, -0.1) is 0 Å². The molecule has 0 radical (unpaired) electrons. The van der Waals surface area contributed by atoms with E-state index in [4.69, 9.17) is 4.74 Å². The molecule has 0 saturated heterocycles. The van der Waals surface area contributed by atoms with Crippen LogP contribution in [0, 0.1) is 11.8 Å². The molecule has 1 amide bonds. The summed E-state index contributed by atoms with van der Waals surface area (Å²) in [5.74, 6) is 0.516. The third kappa shape index (κ3) is 3.28. The first-order valence-corrected chi connectivity index (χ1v) is 7.48. The van der Waals surface area contributed by atoms with Crippen LogP contribution in [-0.2, 0) is 14.3 Å². The van der Waals surface area contributed by atoms with E-state index < -0.39 is 0 Å². The van der Waals surface area contributed by atoms with Crippen molar-refractivity contribution in [2.24, 2.45) is 11.8 Å². The molecule has 0 spiro atoms.